The molecule has 4 aliphatic rings. The van der Waals surface area contributed by atoms with Crippen molar-refractivity contribution in [3.05, 3.63) is 18.3 Å². The van der Waals surface area contributed by atoms with Gasteiger partial charge < -0.3 is 29.9 Å². The number of rotatable bonds is 3. The van der Waals surface area contributed by atoms with E-state index < -0.39 is 41.1 Å². The number of anilines is 1. The third-order valence-electron chi connectivity index (χ3n) is 8.72. The number of ether oxygens (including phenoxy) is 2. The fraction of sp³-hybridized carbons (Fsp3) is 0.643. The summed E-state index contributed by atoms with van der Waals surface area (Å²) >= 11 is 0. The zero-order valence-electron chi connectivity index (χ0n) is 23.3. The van der Waals surface area contributed by atoms with Crippen molar-refractivity contribution in [3.63, 3.8) is 0 Å². The van der Waals surface area contributed by atoms with E-state index in [9.17, 15) is 24.4 Å². The quantitative estimate of drug-likeness (QED) is 0.578. The van der Waals surface area contributed by atoms with Crippen LogP contribution in [0.1, 0.15) is 52.9 Å². The number of fused-ring (bicyclic) bond motifs is 2. The van der Waals surface area contributed by atoms with Crippen LogP contribution in [0, 0.1) is 28.6 Å². The van der Waals surface area contributed by atoms with Gasteiger partial charge in [0.25, 0.3) is 5.91 Å². The maximum absolute atomic E-state index is 14.4. The number of hydrogen-bond donors (Lipinski definition) is 2. The molecule has 1 aliphatic carbocycles. The van der Waals surface area contributed by atoms with Gasteiger partial charge in [0.2, 0.25) is 17.4 Å². The monoisotopic (exact) mass is 552 g/mol. The lowest BCUT2D eigenvalue weighted by Gasteiger charge is -2.38. The predicted octanol–water partition coefficient (Wildman–Crippen LogP) is 2.06. The van der Waals surface area contributed by atoms with Gasteiger partial charge in [-0.2, -0.15) is 5.26 Å². The molecule has 1 saturated carbocycles. The van der Waals surface area contributed by atoms with E-state index in [1.54, 1.807) is 17.0 Å². The molecule has 3 fully saturated rings. The molecule has 6 unspecified atom stereocenters. The van der Waals surface area contributed by atoms with Gasteiger partial charge in [0.05, 0.1) is 19.7 Å². The van der Waals surface area contributed by atoms with Crippen LogP contribution in [0.4, 0.5) is 10.6 Å². The summed E-state index contributed by atoms with van der Waals surface area (Å²) in [6, 6.07) is 2.90. The van der Waals surface area contributed by atoms with Crippen LogP contribution in [-0.2, 0) is 19.1 Å². The molecule has 6 atom stereocenters. The summed E-state index contributed by atoms with van der Waals surface area (Å²) in [5, 5.41) is 15.5. The first-order chi connectivity index (χ1) is 19.0. The number of amides is 4. The van der Waals surface area contributed by atoms with Crippen molar-refractivity contribution < 1.29 is 28.7 Å². The van der Waals surface area contributed by atoms with Crippen LogP contribution in [-0.4, -0.2) is 82.5 Å². The molecule has 0 aromatic carbocycles. The lowest BCUT2D eigenvalue weighted by molar-refractivity contribution is -0.148. The summed E-state index contributed by atoms with van der Waals surface area (Å²) in [7, 11) is 1.24. The van der Waals surface area contributed by atoms with Crippen LogP contribution in [0.15, 0.2) is 18.3 Å². The zero-order valence-corrected chi connectivity index (χ0v) is 23.3. The molecule has 0 bridgehead atoms. The van der Waals surface area contributed by atoms with E-state index in [2.05, 4.69) is 21.7 Å². The van der Waals surface area contributed by atoms with Gasteiger partial charge in [-0.3, -0.25) is 14.4 Å². The number of hydrogen-bond acceptors (Lipinski definition) is 8. The Bertz CT molecular complexity index is 1260. The van der Waals surface area contributed by atoms with E-state index in [1.807, 2.05) is 20.8 Å². The van der Waals surface area contributed by atoms with Gasteiger partial charge in [-0.1, -0.05) is 33.6 Å². The molecule has 12 heteroatoms. The summed E-state index contributed by atoms with van der Waals surface area (Å²) in [6.07, 6.45) is 4.44. The van der Waals surface area contributed by atoms with Gasteiger partial charge in [-0.25, -0.2) is 9.78 Å². The molecule has 40 heavy (non-hydrogen) atoms. The lowest BCUT2D eigenvalue weighted by Crippen LogP contribution is -2.59. The molecular weight excluding hydrogens is 516 g/mol. The van der Waals surface area contributed by atoms with Gasteiger partial charge in [-0.05, 0) is 42.2 Å². The largest absolute Gasteiger partial charge is 0.472 e. The topological polar surface area (TPSA) is 154 Å². The number of likely N-dealkylation sites (tertiary alicyclic amines) is 2. The second kappa shape index (κ2) is 10.3. The minimum absolute atomic E-state index is 0.00131. The van der Waals surface area contributed by atoms with Gasteiger partial charge in [0.15, 0.2) is 11.6 Å². The maximum atomic E-state index is 14.4. The van der Waals surface area contributed by atoms with Gasteiger partial charge >= 0.3 is 6.09 Å². The Morgan fingerprint density at radius 1 is 1.27 bits per heavy atom. The third-order valence-corrected chi connectivity index (χ3v) is 8.72. The van der Waals surface area contributed by atoms with Gasteiger partial charge in [0, 0.05) is 19.2 Å². The average Bonchev–Trinajstić information content (AvgIpc) is 3.50. The molecule has 4 amide bonds. The molecule has 5 rings (SSSR count). The minimum Gasteiger partial charge on any atom is -0.472 e. The molecule has 4 heterocycles. The van der Waals surface area contributed by atoms with Crippen molar-refractivity contribution in [2.24, 2.45) is 17.3 Å². The second-order valence-electron chi connectivity index (χ2n) is 12.3. The van der Waals surface area contributed by atoms with E-state index in [0.29, 0.717) is 18.1 Å². The van der Waals surface area contributed by atoms with Crippen LogP contribution < -0.4 is 15.4 Å². The molecule has 12 nitrogen and oxygen atoms in total. The van der Waals surface area contributed by atoms with Crippen molar-refractivity contribution in [1.82, 2.24) is 20.1 Å². The summed E-state index contributed by atoms with van der Waals surface area (Å²) in [4.78, 5) is 61.0. The summed E-state index contributed by atoms with van der Waals surface area (Å²) in [5.74, 6) is -0.467. The van der Waals surface area contributed by atoms with Gasteiger partial charge in [-0.15, -0.1) is 0 Å². The number of aromatic nitrogens is 1. The third kappa shape index (κ3) is 4.71. The van der Waals surface area contributed by atoms with E-state index in [-0.39, 0.29) is 36.6 Å². The van der Waals surface area contributed by atoms with Crippen LogP contribution in [0.2, 0.25) is 0 Å². The molecule has 1 spiro atoms. The van der Waals surface area contributed by atoms with Crippen molar-refractivity contribution in [2.75, 3.05) is 25.5 Å². The Morgan fingerprint density at radius 2 is 2.02 bits per heavy atom. The van der Waals surface area contributed by atoms with E-state index in [1.165, 1.54) is 18.2 Å². The molecular formula is C28H36N6O6. The fourth-order valence-electron chi connectivity index (χ4n) is 6.68. The number of carbonyl (C=O) groups is 4. The number of nitrogens with zero attached hydrogens (tertiary/aromatic N) is 4. The first-order valence-corrected chi connectivity index (χ1v) is 13.8. The molecule has 0 radical (unpaired) electrons. The summed E-state index contributed by atoms with van der Waals surface area (Å²) < 4.78 is 10.9. The molecule has 1 aromatic heterocycles. The Balaban J connectivity index is 1.46. The van der Waals surface area contributed by atoms with Crippen LogP contribution >= 0.6 is 0 Å². The van der Waals surface area contributed by atoms with Crippen LogP contribution in [0.3, 0.4) is 0 Å². The van der Waals surface area contributed by atoms with Crippen molar-refractivity contribution in [1.29, 1.82) is 5.26 Å². The lowest BCUT2D eigenvalue weighted by atomic mass is 9.78. The predicted molar refractivity (Wildman–Crippen MR) is 142 cm³/mol. The smallest absolute Gasteiger partial charge is 0.407 e. The highest BCUT2D eigenvalue weighted by molar-refractivity contribution is 6.01. The highest BCUT2D eigenvalue weighted by atomic mass is 16.5. The molecule has 1 aromatic rings. The number of carbonyl (C=O) groups excluding carboxylic acids is 4. The minimum atomic E-state index is -1.44. The Kier molecular flexibility index (Phi) is 7.10. The van der Waals surface area contributed by atoms with Crippen LogP contribution in [0.25, 0.3) is 0 Å². The molecule has 214 valence electrons. The zero-order chi connectivity index (χ0) is 28.8. The number of nitriles is 1. The standard InChI is InChI=1S/C28H36N6O6/c1-27(2,3)21(31-26(38)39-4)24(36)33-14-16-8-5-6-9-18(16)20(33)23(35)34-15-28(12-17(34)13-29)25(37)32-22-19(40-28)10-7-11-30-22/h7,10-11,16-18,20-21H,5-6,8-9,12,14-15H2,1-4H3,(H,31,38)(H,30,32,37). The SMILES string of the molecule is COC(=O)NC(C(=O)N1CC2CCCCC2C1C(=O)N1CC2(CC1C#N)Oc1cccnc1NC2=O)C(C)(C)C. The van der Waals surface area contributed by atoms with Crippen molar-refractivity contribution in [2.45, 2.75) is 76.6 Å². The summed E-state index contributed by atoms with van der Waals surface area (Å²) in [6.45, 7) is 5.79. The fourth-order valence-corrected chi connectivity index (χ4v) is 6.68. The first-order valence-electron chi connectivity index (χ1n) is 13.8. The highest BCUT2D eigenvalue weighted by Crippen LogP contribution is 2.44. The number of methoxy groups -OCH3 is 1. The highest BCUT2D eigenvalue weighted by Gasteiger charge is 2.59. The van der Waals surface area contributed by atoms with E-state index >= 15 is 0 Å². The Hall–Kier alpha value is -3.88. The number of pyridine rings is 1. The normalized spacial score (nSPS) is 29.9. The Labute approximate surface area is 233 Å². The Morgan fingerprint density at radius 3 is 2.73 bits per heavy atom. The number of alkyl carbamates (subject to hydrolysis) is 1. The van der Waals surface area contributed by atoms with Crippen LogP contribution in [0.5, 0.6) is 5.75 Å². The maximum Gasteiger partial charge on any atom is 0.407 e. The van der Waals surface area contributed by atoms with Gasteiger partial charge in [0.1, 0.15) is 18.1 Å². The van der Waals surface area contributed by atoms with Crippen molar-refractivity contribution in [3.8, 4) is 11.8 Å². The first kappa shape index (κ1) is 27.7. The average molecular weight is 553 g/mol. The summed E-state index contributed by atoms with van der Waals surface area (Å²) in [5.41, 5.74) is -2.10. The van der Waals surface area contributed by atoms with E-state index in [0.717, 1.165) is 25.7 Å². The van der Waals surface area contributed by atoms with E-state index in [4.69, 9.17) is 9.47 Å². The molecule has 3 aliphatic heterocycles. The van der Waals surface area contributed by atoms with Crippen molar-refractivity contribution >= 4 is 29.6 Å². The molecule has 2 N–H and O–H groups in total. The second-order valence-corrected chi connectivity index (χ2v) is 12.3. The molecule has 2 saturated heterocycles. The number of nitrogens with one attached hydrogen (secondary N) is 2.